The van der Waals surface area contributed by atoms with Gasteiger partial charge in [0, 0.05) is 13.2 Å². The Morgan fingerprint density at radius 2 is 1.74 bits per heavy atom. The van der Waals surface area contributed by atoms with E-state index in [1.807, 2.05) is 0 Å². The molecule has 2 nitrogen and oxygen atoms in total. The molecule has 0 saturated carbocycles. The molecule has 0 aliphatic rings. The van der Waals surface area contributed by atoms with Gasteiger partial charge in [-0.25, -0.2) is 0 Å². The quantitative estimate of drug-likeness (QED) is 0.891. The summed E-state index contributed by atoms with van der Waals surface area (Å²) < 4.78 is 5.53. The van der Waals surface area contributed by atoms with E-state index in [4.69, 9.17) is 10.5 Å². The summed E-state index contributed by atoms with van der Waals surface area (Å²) in [5.74, 6) is 0.426. The van der Waals surface area contributed by atoms with Gasteiger partial charge < -0.3 is 10.5 Å². The zero-order valence-electron chi connectivity index (χ0n) is 12.0. The third kappa shape index (κ3) is 3.14. The second-order valence-corrected chi connectivity index (χ2v) is 5.45. The van der Waals surface area contributed by atoms with E-state index in [-0.39, 0.29) is 12.1 Å². The molecule has 0 radical (unpaired) electrons. The maximum Gasteiger partial charge on any atom is 0.0748 e. The molecule has 0 bridgehead atoms. The molecule has 2 rings (SSSR count). The predicted molar refractivity (Wildman–Crippen MR) is 81.3 cm³/mol. The fourth-order valence-electron chi connectivity index (χ4n) is 2.78. The van der Waals surface area contributed by atoms with Crippen LogP contribution in [0.4, 0.5) is 0 Å². The summed E-state index contributed by atoms with van der Waals surface area (Å²) in [6.45, 7) is 4.30. The highest BCUT2D eigenvalue weighted by molar-refractivity contribution is 5.85. The lowest BCUT2D eigenvalue weighted by Gasteiger charge is -2.26. The molecule has 0 aromatic heterocycles. The van der Waals surface area contributed by atoms with Gasteiger partial charge in [-0.2, -0.15) is 0 Å². The van der Waals surface area contributed by atoms with Crippen LogP contribution in [0.3, 0.4) is 0 Å². The van der Waals surface area contributed by atoms with E-state index in [0.29, 0.717) is 5.92 Å². The summed E-state index contributed by atoms with van der Waals surface area (Å²) >= 11 is 0. The summed E-state index contributed by atoms with van der Waals surface area (Å²) in [6.07, 6.45) is 0.942. The maximum atomic E-state index is 6.33. The number of hydrogen-bond donors (Lipinski definition) is 1. The van der Waals surface area contributed by atoms with Crippen molar-refractivity contribution in [3.05, 3.63) is 48.0 Å². The molecule has 0 heterocycles. The fourth-order valence-corrected chi connectivity index (χ4v) is 2.78. The highest BCUT2D eigenvalue weighted by Crippen LogP contribution is 2.21. The van der Waals surface area contributed by atoms with Gasteiger partial charge in [0.2, 0.25) is 0 Å². The first-order valence-electron chi connectivity index (χ1n) is 6.88. The third-order valence-corrected chi connectivity index (χ3v) is 3.69. The van der Waals surface area contributed by atoms with Crippen molar-refractivity contribution in [2.45, 2.75) is 32.4 Å². The second-order valence-electron chi connectivity index (χ2n) is 5.45. The van der Waals surface area contributed by atoms with Crippen molar-refractivity contribution in [1.82, 2.24) is 0 Å². The Labute approximate surface area is 115 Å². The minimum atomic E-state index is 0.0239. The van der Waals surface area contributed by atoms with Crippen molar-refractivity contribution < 1.29 is 4.74 Å². The molecule has 2 unspecified atom stereocenters. The molecule has 2 N–H and O–H groups in total. The smallest absolute Gasteiger partial charge is 0.0748 e. The van der Waals surface area contributed by atoms with Crippen molar-refractivity contribution in [2.75, 3.05) is 7.11 Å². The molecule has 0 fully saturated rings. The van der Waals surface area contributed by atoms with Crippen molar-refractivity contribution in [3.8, 4) is 0 Å². The van der Waals surface area contributed by atoms with Crippen LogP contribution < -0.4 is 5.73 Å². The molecule has 0 aliphatic carbocycles. The van der Waals surface area contributed by atoms with Crippen LogP contribution in [-0.2, 0) is 11.2 Å². The van der Waals surface area contributed by atoms with E-state index in [1.54, 1.807) is 7.11 Å². The largest absolute Gasteiger partial charge is 0.380 e. The van der Waals surface area contributed by atoms with Gasteiger partial charge in [-0.05, 0) is 28.7 Å². The van der Waals surface area contributed by atoms with Gasteiger partial charge in [0.1, 0.15) is 0 Å². The summed E-state index contributed by atoms with van der Waals surface area (Å²) in [5.41, 5.74) is 7.63. The van der Waals surface area contributed by atoms with Gasteiger partial charge in [-0.3, -0.25) is 0 Å². The Bertz CT molecular complexity index is 530. The third-order valence-electron chi connectivity index (χ3n) is 3.69. The minimum Gasteiger partial charge on any atom is -0.380 e. The number of fused-ring (bicyclic) bond motifs is 1. The Kier molecular flexibility index (Phi) is 4.56. The molecule has 0 aliphatic heterocycles. The lowest BCUT2D eigenvalue weighted by molar-refractivity contribution is 0.0442. The van der Waals surface area contributed by atoms with Crippen LogP contribution in [0.2, 0.25) is 0 Å². The van der Waals surface area contributed by atoms with Crippen LogP contribution in [-0.4, -0.2) is 19.3 Å². The monoisotopic (exact) mass is 257 g/mol. The molecule has 2 aromatic carbocycles. The van der Waals surface area contributed by atoms with Gasteiger partial charge in [-0.15, -0.1) is 0 Å². The molecule has 0 spiro atoms. The van der Waals surface area contributed by atoms with E-state index in [9.17, 15) is 0 Å². The summed E-state index contributed by atoms with van der Waals surface area (Å²) in [5, 5.41) is 2.56. The number of ether oxygens (including phenoxy) is 1. The molecule has 102 valence electrons. The number of hydrogen-bond acceptors (Lipinski definition) is 2. The number of nitrogens with two attached hydrogens (primary N) is 1. The lowest BCUT2D eigenvalue weighted by atomic mass is 9.92. The zero-order chi connectivity index (χ0) is 13.8. The van der Waals surface area contributed by atoms with Crippen LogP contribution in [0.25, 0.3) is 10.8 Å². The molecule has 19 heavy (non-hydrogen) atoms. The maximum absolute atomic E-state index is 6.33. The molecule has 2 heteroatoms. The fraction of sp³-hybridized carbons (Fsp3) is 0.412. The van der Waals surface area contributed by atoms with Gasteiger partial charge in [0.05, 0.1) is 6.10 Å². The lowest BCUT2D eigenvalue weighted by Crippen LogP contribution is -2.41. The SMILES string of the molecule is COC(C(C)C)C(N)Cc1cccc2ccccc12. The molecule has 0 amide bonds. The number of rotatable bonds is 5. The van der Waals surface area contributed by atoms with Crippen molar-refractivity contribution >= 4 is 10.8 Å². The number of methoxy groups -OCH3 is 1. The van der Waals surface area contributed by atoms with E-state index in [0.717, 1.165) is 6.42 Å². The average Bonchev–Trinajstić information content (AvgIpc) is 2.39. The molecule has 2 atom stereocenters. The Hall–Kier alpha value is -1.38. The van der Waals surface area contributed by atoms with Gasteiger partial charge in [0.15, 0.2) is 0 Å². The van der Waals surface area contributed by atoms with E-state index in [1.165, 1.54) is 16.3 Å². The van der Waals surface area contributed by atoms with E-state index < -0.39 is 0 Å². The Balaban J connectivity index is 2.26. The van der Waals surface area contributed by atoms with Crippen LogP contribution in [0, 0.1) is 5.92 Å². The van der Waals surface area contributed by atoms with Crippen LogP contribution >= 0.6 is 0 Å². The summed E-state index contributed by atoms with van der Waals surface area (Å²) in [7, 11) is 1.74. The first-order valence-corrected chi connectivity index (χ1v) is 6.88. The highest BCUT2D eigenvalue weighted by atomic mass is 16.5. The second kappa shape index (κ2) is 6.18. The standard InChI is InChI=1S/C17H23NO/c1-12(2)17(19-3)16(18)11-14-9-6-8-13-7-4-5-10-15(13)14/h4-10,12,16-17H,11,18H2,1-3H3. The van der Waals surface area contributed by atoms with Crippen LogP contribution in [0.15, 0.2) is 42.5 Å². The van der Waals surface area contributed by atoms with Crippen molar-refractivity contribution in [2.24, 2.45) is 11.7 Å². The van der Waals surface area contributed by atoms with E-state index in [2.05, 4.69) is 56.3 Å². The average molecular weight is 257 g/mol. The molecular formula is C17H23NO. The van der Waals surface area contributed by atoms with Gasteiger partial charge in [-0.1, -0.05) is 56.3 Å². The predicted octanol–water partition coefficient (Wildman–Crippen LogP) is 3.38. The number of benzene rings is 2. The Morgan fingerprint density at radius 3 is 2.42 bits per heavy atom. The van der Waals surface area contributed by atoms with Crippen LogP contribution in [0.5, 0.6) is 0 Å². The molecular weight excluding hydrogens is 234 g/mol. The molecule has 2 aromatic rings. The topological polar surface area (TPSA) is 35.2 Å². The molecule has 0 saturated heterocycles. The van der Waals surface area contributed by atoms with Crippen molar-refractivity contribution in [1.29, 1.82) is 0 Å². The van der Waals surface area contributed by atoms with Crippen LogP contribution in [0.1, 0.15) is 19.4 Å². The van der Waals surface area contributed by atoms with Gasteiger partial charge >= 0.3 is 0 Å². The summed E-state index contributed by atoms with van der Waals surface area (Å²) in [4.78, 5) is 0. The van der Waals surface area contributed by atoms with Gasteiger partial charge in [0.25, 0.3) is 0 Å². The minimum absolute atomic E-state index is 0.0239. The zero-order valence-corrected chi connectivity index (χ0v) is 12.0. The summed E-state index contributed by atoms with van der Waals surface area (Å²) in [6, 6.07) is 14.9. The first-order chi connectivity index (χ1) is 9.13. The Morgan fingerprint density at radius 1 is 1.05 bits per heavy atom. The highest BCUT2D eigenvalue weighted by Gasteiger charge is 2.21. The van der Waals surface area contributed by atoms with Crippen molar-refractivity contribution in [3.63, 3.8) is 0 Å². The first kappa shape index (κ1) is 14.0. The van der Waals surface area contributed by atoms with E-state index >= 15 is 0 Å². The normalized spacial score (nSPS) is 14.8.